The van der Waals surface area contributed by atoms with Gasteiger partial charge in [-0.25, -0.2) is 4.79 Å². The molecule has 0 saturated carbocycles. The molecule has 0 aliphatic heterocycles. The number of esters is 1. The molecule has 4 aromatic carbocycles. The van der Waals surface area contributed by atoms with Gasteiger partial charge in [-0.15, -0.1) is 0 Å². The zero-order valence-corrected chi connectivity index (χ0v) is 20.5. The number of benzene rings is 4. The van der Waals surface area contributed by atoms with Gasteiger partial charge in [-0.3, -0.25) is 0 Å². The topological polar surface area (TPSA) is 46.5 Å². The molecule has 0 aromatic heterocycles. The van der Waals surface area contributed by atoms with Crippen LogP contribution in [0.3, 0.4) is 0 Å². The zero-order valence-electron chi connectivity index (χ0n) is 20.5. The molecule has 0 amide bonds. The first-order chi connectivity index (χ1) is 17.0. The Morgan fingerprint density at radius 2 is 1.26 bits per heavy atom. The van der Waals surface area contributed by atoms with Gasteiger partial charge in [0, 0.05) is 17.4 Å². The van der Waals surface area contributed by atoms with Crippen LogP contribution in [0.1, 0.15) is 76.2 Å². The minimum atomic E-state index is -0.534. The Hall–Kier alpha value is -3.85. The summed E-state index contributed by atoms with van der Waals surface area (Å²) in [5.41, 5.74) is 5.42. The van der Waals surface area contributed by atoms with Crippen LogP contribution in [0.5, 0.6) is 5.75 Å². The van der Waals surface area contributed by atoms with Crippen molar-refractivity contribution in [2.45, 2.75) is 38.0 Å². The van der Waals surface area contributed by atoms with Crippen molar-refractivity contribution < 1.29 is 14.6 Å². The Bertz CT molecular complexity index is 1250. The molecule has 3 heteroatoms. The summed E-state index contributed by atoms with van der Waals surface area (Å²) >= 11 is 0. The lowest BCUT2D eigenvalue weighted by Gasteiger charge is -2.26. The van der Waals surface area contributed by atoms with Crippen LogP contribution in [0.2, 0.25) is 0 Å². The predicted octanol–water partition coefficient (Wildman–Crippen LogP) is 7.66. The molecule has 3 nitrogen and oxygen atoms in total. The normalized spacial score (nSPS) is 13.6. The highest BCUT2D eigenvalue weighted by molar-refractivity contribution is 5.93. The first-order valence-corrected chi connectivity index (χ1v) is 12.1. The number of carbonyl (C=O) groups excluding carboxylic acids is 1. The second kappa shape index (κ2) is 11.1. The molecule has 1 N–H and O–H groups in total. The first kappa shape index (κ1) is 24.3. The van der Waals surface area contributed by atoms with Crippen molar-refractivity contribution in [2.24, 2.45) is 0 Å². The van der Waals surface area contributed by atoms with E-state index in [-0.39, 0.29) is 29.1 Å². The van der Waals surface area contributed by atoms with Gasteiger partial charge >= 0.3 is 5.97 Å². The second-order valence-electron chi connectivity index (χ2n) is 9.14. The maximum Gasteiger partial charge on any atom is 0.341 e. The van der Waals surface area contributed by atoms with Crippen LogP contribution in [-0.2, 0) is 4.74 Å². The number of rotatable bonds is 8. The van der Waals surface area contributed by atoms with E-state index in [0.717, 1.165) is 28.7 Å². The largest absolute Gasteiger partial charge is 0.507 e. The Morgan fingerprint density at radius 1 is 0.743 bits per heavy atom. The van der Waals surface area contributed by atoms with Crippen molar-refractivity contribution in [1.82, 2.24) is 0 Å². The molecule has 35 heavy (non-hydrogen) atoms. The van der Waals surface area contributed by atoms with E-state index in [1.54, 1.807) is 6.07 Å². The third kappa shape index (κ3) is 5.46. The summed E-state index contributed by atoms with van der Waals surface area (Å²) in [6.07, 6.45) is 0.783. The van der Waals surface area contributed by atoms with Crippen LogP contribution >= 0.6 is 0 Å². The molecular weight excluding hydrogens is 432 g/mol. The monoisotopic (exact) mass is 464 g/mol. The number of phenolic OH excluding ortho intramolecular Hbond substituents is 1. The van der Waals surface area contributed by atoms with Gasteiger partial charge in [0.05, 0.1) is 7.11 Å². The van der Waals surface area contributed by atoms with E-state index >= 15 is 0 Å². The summed E-state index contributed by atoms with van der Waals surface area (Å²) < 4.78 is 5.05. The van der Waals surface area contributed by atoms with Gasteiger partial charge in [0.1, 0.15) is 11.3 Å². The van der Waals surface area contributed by atoms with E-state index in [2.05, 4.69) is 68.4 Å². The molecule has 178 valence electrons. The fourth-order valence-corrected chi connectivity index (χ4v) is 4.79. The molecular formula is C32H32O3. The van der Waals surface area contributed by atoms with Crippen LogP contribution in [-0.4, -0.2) is 18.2 Å². The number of methoxy groups -OCH3 is 1. The molecule has 0 bridgehead atoms. The molecule has 0 heterocycles. The van der Waals surface area contributed by atoms with Crippen molar-refractivity contribution in [3.63, 3.8) is 0 Å². The van der Waals surface area contributed by atoms with Crippen molar-refractivity contribution in [3.8, 4) is 5.75 Å². The van der Waals surface area contributed by atoms with Crippen molar-refractivity contribution in [1.29, 1.82) is 0 Å². The number of aromatic hydroxyl groups is 1. The predicted molar refractivity (Wildman–Crippen MR) is 141 cm³/mol. The maximum atomic E-state index is 12.7. The summed E-state index contributed by atoms with van der Waals surface area (Å²) in [5.74, 6) is -0.346. The van der Waals surface area contributed by atoms with Crippen molar-refractivity contribution >= 4 is 5.97 Å². The van der Waals surface area contributed by atoms with Gasteiger partial charge in [0.2, 0.25) is 0 Å². The van der Waals surface area contributed by atoms with E-state index < -0.39 is 5.97 Å². The smallest absolute Gasteiger partial charge is 0.341 e. The average molecular weight is 465 g/mol. The molecule has 3 unspecified atom stereocenters. The minimum Gasteiger partial charge on any atom is -0.507 e. The Kier molecular flexibility index (Phi) is 7.67. The number of hydrogen-bond acceptors (Lipinski definition) is 3. The van der Waals surface area contributed by atoms with E-state index in [9.17, 15) is 9.90 Å². The fourth-order valence-electron chi connectivity index (χ4n) is 4.79. The molecule has 0 radical (unpaired) electrons. The van der Waals surface area contributed by atoms with Gasteiger partial charge in [0.25, 0.3) is 0 Å². The first-order valence-electron chi connectivity index (χ1n) is 12.1. The van der Waals surface area contributed by atoms with Gasteiger partial charge < -0.3 is 9.84 Å². The highest BCUT2D eigenvalue weighted by Gasteiger charge is 2.27. The van der Waals surface area contributed by atoms with Crippen LogP contribution in [0.25, 0.3) is 0 Å². The molecule has 4 aromatic rings. The SMILES string of the molecule is COC(=O)c1cc(C(C)c2ccccc2)cc(C(CC(C)c2ccccc2)c2ccccc2)c1O. The fraction of sp³-hybridized carbons (Fsp3) is 0.219. The third-order valence-corrected chi connectivity index (χ3v) is 6.90. The van der Waals surface area contributed by atoms with Gasteiger partial charge in [-0.1, -0.05) is 111 Å². The lowest BCUT2D eigenvalue weighted by Crippen LogP contribution is -2.11. The average Bonchev–Trinajstić information content (AvgIpc) is 2.92. The summed E-state index contributed by atoms with van der Waals surface area (Å²) in [4.78, 5) is 12.7. The molecule has 3 atom stereocenters. The molecule has 0 spiro atoms. The van der Waals surface area contributed by atoms with Crippen LogP contribution in [0, 0.1) is 0 Å². The lowest BCUT2D eigenvalue weighted by atomic mass is 9.79. The molecule has 4 rings (SSSR count). The third-order valence-electron chi connectivity index (χ3n) is 6.90. The Labute approximate surface area is 208 Å². The van der Waals surface area contributed by atoms with E-state index in [0.29, 0.717) is 0 Å². The van der Waals surface area contributed by atoms with Crippen LogP contribution in [0.4, 0.5) is 0 Å². The highest BCUT2D eigenvalue weighted by atomic mass is 16.5. The number of carbonyl (C=O) groups is 1. The molecule has 0 saturated heterocycles. The quantitative estimate of drug-likeness (QED) is 0.272. The van der Waals surface area contributed by atoms with Gasteiger partial charge in [-0.05, 0) is 40.7 Å². The summed E-state index contributed by atoms with van der Waals surface area (Å²) in [6, 6.07) is 34.6. The molecule has 0 fully saturated rings. The summed E-state index contributed by atoms with van der Waals surface area (Å²) in [5, 5.41) is 11.4. The molecule has 0 aliphatic carbocycles. The highest BCUT2D eigenvalue weighted by Crippen LogP contribution is 2.42. The number of phenols is 1. The summed E-state index contributed by atoms with van der Waals surface area (Å²) in [7, 11) is 1.35. The second-order valence-corrected chi connectivity index (χ2v) is 9.14. The van der Waals surface area contributed by atoms with E-state index in [1.807, 2.05) is 42.5 Å². The van der Waals surface area contributed by atoms with Gasteiger partial charge in [0.15, 0.2) is 0 Å². The lowest BCUT2D eigenvalue weighted by molar-refractivity contribution is 0.0597. The minimum absolute atomic E-state index is 0.00465. The van der Waals surface area contributed by atoms with Gasteiger partial charge in [-0.2, -0.15) is 0 Å². The van der Waals surface area contributed by atoms with Crippen molar-refractivity contribution in [2.75, 3.05) is 7.11 Å². The maximum absolute atomic E-state index is 12.7. The standard InChI is InChI=1S/C32H32O3/c1-22(24-13-7-4-8-14-24)19-28(26-17-11-6-12-18-26)29-20-27(21-30(31(29)33)32(34)35-3)23(2)25-15-9-5-10-16-25/h4-18,20-23,28,33H,19H2,1-3H3. The Balaban J connectivity index is 1.86. The van der Waals surface area contributed by atoms with E-state index in [4.69, 9.17) is 4.74 Å². The Morgan fingerprint density at radius 3 is 1.80 bits per heavy atom. The summed E-state index contributed by atoms with van der Waals surface area (Å²) in [6.45, 7) is 4.33. The zero-order chi connectivity index (χ0) is 24.8. The number of hydrogen-bond donors (Lipinski definition) is 1. The van der Waals surface area contributed by atoms with E-state index in [1.165, 1.54) is 12.7 Å². The van der Waals surface area contributed by atoms with Crippen LogP contribution in [0.15, 0.2) is 103 Å². The van der Waals surface area contributed by atoms with Crippen LogP contribution < -0.4 is 0 Å². The van der Waals surface area contributed by atoms with Crippen molar-refractivity contribution in [3.05, 3.63) is 137 Å². The molecule has 0 aliphatic rings. The number of ether oxygens (including phenoxy) is 1.